The lowest BCUT2D eigenvalue weighted by Crippen LogP contribution is -2.44. The molecule has 0 aromatic heterocycles. The van der Waals surface area contributed by atoms with Crippen LogP contribution in [0.15, 0.2) is 24.3 Å². The van der Waals surface area contributed by atoms with Crippen LogP contribution in [0.25, 0.3) is 0 Å². The Kier molecular flexibility index (Phi) is 5.01. The molecule has 1 aliphatic heterocycles. The van der Waals surface area contributed by atoms with E-state index in [0.717, 1.165) is 24.2 Å². The lowest BCUT2D eigenvalue weighted by Gasteiger charge is -2.34. The Labute approximate surface area is 120 Å². The first-order valence-corrected chi connectivity index (χ1v) is 7.43. The van der Waals surface area contributed by atoms with E-state index in [0.29, 0.717) is 19.5 Å². The van der Waals surface area contributed by atoms with Crippen LogP contribution in [0.2, 0.25) is 0 Å². The Morgan fingerprint density at radius 2 is 2.10 bits per heavy atom. The number of hydrogen-bond donors (Lipinski definition) is 2. The van der Waals surface area contributed by atoms with Crippen LogP contribution >= 0.6 is 0 Å². The Balaban J connectivity index is 1.98. The summed E-state index contributed by atoms with van der Waals surface area (Å²) in [4.78, 5) is 14.2. The Morgan fingerprint density at radius 3 is 2.70 bits per heavy atom. The molecule has 2 N–H and O–H groups in total. The second-order valence-electron chi connectivity index (χ2n) is 5.59. The molecule has 1 aliphatic rings. The van der Waals surface area contributed by atoms with Crippen molar-refractivity contribution < 1.29 is 9.90 Å². The van der Waals surface area contributed by atoms with Crippen molar-refractivity contribution in [3.63, 3.8) is 0 Å². The highest BCUT2D eigenvalue weighted by atomic mass is 16.3. The summed E-state index contributed by atoms with van der Waals surface area (Å²) in [5, 5.41) is 13.0. The molecule has 110 valence electrons. The van der Waals surface area contributed by atoms with E-state index < -0.39 is 0 Å². The van der Waals surface area contributed by atoms with Gasteiger partial charge in [0.05, 0.1) is 6.10 Å². The van der Waals surface area contributed by atoms with Gasteiger partial charge >= 0.3 is 0 Å². The number of amides is 1. The van der Waals surface area contributed by atoms with Crippen molar-refractivity contribution in [2.24, 2.45) is 5.92 Å². The summed E-state index contributed by atoms with van der Waals surface area (Å²) < 4.78 is 0. The molecule has 0 aliphatic carbocycles. The molecule has 0 spiro atoms. The van der Waals surface area contributed by atoms with Crippen molar-refractivity contribution in [3.05, 3.63) is 29.8 Å². The van der Waals surface area contributed by atoms with Crippen LogP contribution in [0.1, 0.15) is 37.0 Å². The van der Waals surface area contributed by atoms with Gasteiger partial charge in [-0.3, -0.25) is 4.79 Å². The van der Waals surface area contributed by atoms with Crippen molar-refractivity contribution in [1.82, 2.24) is 4.90 Å². The monoisotopic (exact) mass is 276 g/mol. The first-order valence-electron chi connectivity index (χ1n) is 7.43. The number of piperidine rings is 1. The zero-order valence-electron chi connectivity index (χ0n) is 12.3. The van der Waals surface area contributed by atoms with Crippen LogP contribution in [-0.2, 0) is 0 Å². The van der Waals surface area contributed by atoms with Gasteiger partial charge in [0.1, 0.15) is 0 Å². The summed E-state index contributed by atoms with van der Waals surface area (Å²) in [5.74, 6) is 0.212. The van der Waals surface area contributed by atoms with Gasteiger partial charge in [-0.15, -0.1) is 0 Å². The molecule has 4 nitrogen and oxygen atoms in total. The average Bonchev–Trinajstić information content (AvgIpc) is 2.48. The maximum atomic E-state index is 12.4. The molecule has 4 heteroatoms. The Bertz CT molecular complexity index is 444. The molecule has 20 heavy (non-hydrogen) atoms. The molecule has 2 rings (SSSR count). The highest BCUT2D eigenvalue weighted by Crippen LogP contribution is 2.19. The predicted molar refractivity (Wildman–Crippen MR) is 80.9 cm³/mol. The van der Waals surface area contributed by atoms with Crippen LogP contribution in [0.4, 0.5) is 5.69 Å². The highest BCUT2D eigenvalue weighted by molar-refractivity contribution is 5.94. The average molecular weight is 276 g/mol. The van der Waals surface area contributed by atoms with Crippen molar-refractivity contribution >= 4 is 11.6 Å². The molecule has 1 fully saturated rings. The summed E-state index contributed by atoms with van der Waals surface area (Å²) in [6, 6.07) is 7.64. The van der Waals surface area contributed by atoms with Gasteiger partial charge < -0.3 is 15.3 Å². The van der Waals surface area contributed by atoms with E-state index in [-0.39, 0.29) is 17.9 Å². The van der Waals surface area contributed by atoms with Crippen LogP contribution in [-0.4, -0.2) is 41.7 Å². The molecule has 0 bridgehead atoms. The topological polar surface area (TPSA) is 52.6 Å². The summed E-state index contributed by atoms with van der Waals surface area (Å²) in [6.07, 6.45) is 1.47. The van der Waals surface area contributed by atoms with Crippen LogP contribution in [0.3, 0.4) is 0 Å². The van der Waals surface area contributed by atoms with E-state index in [1.807, 2.05) is 36.1 Å². The molecule has 1 aromatic carbocycles. The molecule has 2 atom stereocenters. The van der Waals surface area contributed by atoms with Crippen molar-refractivity contribution in [1.29, 1.82) is 0 Å². The van der Waals surface area contributed by atoms with Gasteiger partial charge in [-0.05, 0) is 43.0 Å². The van der Waals surface area contributed by atoms with Gasteiger partial charge in [0.25, 0.3) is 5.91 Å². The van der Waals surface area contributed by atoms with E-state index in [1.54, 1.807) is 0 Å². The van der Waals surface area contributed by atoms with Gasteiger partial charge in [0.2, 0.25) is 0 Å². The predicted octanol–water partition coefficient (Wildman–Crippen LogP) is 2.35. The van der Waals surface area contributed by atoms with Gasteiger partial charge in [-0.1, -0.05) is 13.8 Å². The molecule has 1 heterocycles. The van der Waals surface area contributed by atoms with Crippen molar-refractivity contribution in [2.75, 3.05) is 25.0 Å². The lowest BCUT2D eigenvalue weighted by molar-refractivity contribution is 0.0297. The Morgan fingerprint density at radius 1 is 1.40 bits per heavy atom. The number of likely N-dealkylation sites (tertiary alicyclic amines) is 1. The number of nitrogens with one attached hydrogen (secondary N) is 1. The minimum absolute atomic E-state index is 0.0609. The molecule has 0 radical (unpaired) electrons. The fraction of sp³-hybridized carbons (Fsp3) is 0.562. The van der Waals surface area contributed by atoms with E-state index >= 15 is 0 Å². The van der Waals surface area contributed by atoms with Gasteiger partial charge in [-0.25, -0.2) is 0 Å². The Hall–Kier alpha value is -1.55. The standard InChI is InChI=1S/C16H24N2O2/c1-3-9-17-14-6-4-13(5-7-14)16(20)18-10-8-15(19)12(2)11-18/h4-7,12,15,17,19H,3,8-11H2,1-2H3. The SMILES string of the molecule is CCCNc1ccc(C(=O)N2CCC(O)C(C)C2)cc1. The molecule has 1 saturated heterocycles. The fourth-order valence-electron chi connectivity index (χ4n) is 2.50. The summed E-state index contributed by atoms with van der Waals surface area (Å²) in [5.41, 5.74) is 1.77. The molecule has 2 unspecified atom stereocenters. The first-order chi connectivity index (χ1) is 9.61. The quantitative estimate of drug-likeness (QED) is 0.887. The molecular formula is C16H24N2O2. The molecule has 0 saturated carbocycles. The minimum atomic E-state index is -0.278. The summed E-state index contributed by atoms with van der Waals surface area (Å²) in [6.45, 7) is 6.32. The fourth-order valence-corrected chi connectivity index (χ4v) is 2.50. The molecular weight excluding hydrogens is 252 g/mol. The van der Waals surface area contributed by atoms with Gasteiger partial charge in [-0.2, -0.15) is 0 Å². The van der Waals surface area contributed by atoms with E-state index in [9.17, 15) is 9.90 Å². The number of nitrogens with zero attached hydrogens (tertiary/aromatic N) is 1. The molecule has 1 amide bonds. The number of rotatable bonds is 4. The smallest absolute Gasteiger partial charge is 0.253 e. The lowest BCUT2D eigenvalue weighted by atomic mass is 9.96. The second kappa shape index (κ2) is 6.75. The number of carbonyl (C=O) groups is 1. The minimum Gasteiger partial charge on any atom is -0.393 e. The van der Waals surface area contributed by atoms with Crippen LogP contribution < -0.4 is 5.32 Å². The third-order valence-electron chi connectivity index (χ3n) is 3.86. The first kappa shape index (κ1) is 14.9. The van der Waals surface area contributed by atoms with Crippen LogP contribution in [0.5, 0.6) is 0 Å². The maximum absolute atomic E-state index is 12.4. The van der Waals surface area contributed by atoms with Gasteiger partial charge in [0.15, 0.2) is 0 Å². The number of aliphatic hydroxyl groups is 1. The van der Waals surface area contributed by atoms with E-state index in [2.05, 4.69) is 12.2 Å². The summed E-state index contributed by atoms with van der Waals surface area (Å²) >= 11 is 0. The highest BCUT2D eigenvalue weighted by Gasteiger charge is 2.27. The maximum Gasteiger partial charge on any atom is 0.253 e. The second-order valence-corrected chi connectivity index (χ2v) is 5.59. The third kappa shape index (κ3) is 3.51. The van der Waals surface area contributed by atoms with Crippen molar-refractivity contribution in [2.45, 2.75) is 32.8 Å². The largest absolute Gasteiger partial charge is 0.393 e. The van der Waals surface area contributed by atoms with Crippen molar-refractivity contribution in [3.8, 4) is 0 Å². The third-order valence-corrected chi connectivity index (χ3v) is 3.86. The normalized spacial score (nSPS) is 22.6. The summed E-state index contributed by atoms with van der Waals surface area (Å²) in [7, 11) is 0. The zero-order chi connectivity index (χ0) is 14.5. The number of anilines is 1. The van der Waals surface area contributed by atoms with Gasteiger partial charge in [0, 0.05) is 30.9 Å². The number of hydrogen-bond acceptors (Lipinski definition) is 3. The van der Waals surface area contributed by atoms with E-state index in [1.165, 1.54) is 0 Å². The number of carbonyl (C=O) groups excluding carboxylic acids is 1. The molecule has 1 aromatic rings. The zero-order valence-corrected chi connectivity index (χ0v) is 12.3. The van der Waals surface area contributed by atoms with Crippen LogP contribution in [0, 0.1) is 5.92 Å². The number of benzene rings is 1. The van der Waals surface area contributed by atoms with E-state index in [4.69, 9.17) is 0 Å². The number of aliphatic hydroxyl groups excluding tert-OH is 1.